The number of rotatable bonds is 7. The average molecular weight is 492 g/mol. The summed E-state index contributed by atoms with van der Waals surface area (Å²) >= 11 is 1.22. The van der Waals surface area contributed by atoms with E-state index in [9.17, 15) is 19.2 Å². The normalized spacial score (nSPS) is 10.7. The van der Waals surface area contributed by atoms with E-state index in [2.05, 4.69) is 5.32 Å². The smallest absolute Gasteiger partial charge is 0.374 e. The van der Waals surface area contributed by atoms with Crippen LogP contribution < -0.4 is 10.7 Å². The molecule has 1 amide bonds. The second kappa shape index (κ2) is 10.4. The highest BCUT2D eigenvalue weighted by molar-refractivity contribution is 7.17. The van der Waals surface area contributed by atoms with Gasteiger partial charge in [0.05, 0.1) is 12.0 Å². The van der Waals surface area contributed by atoms with Crippen molar-refractivity contribution in [3.63, 3.8) is 0 Å². The number of aryl methyl sites for hydroxylation is 1. The van der Waals surface area contributed by atoms with Crippen LogP contribution >= 0.6 is 11.3 Å². The van der Waals surface area contributed by atoms with Gasteiger partial charge in [-0.15, -0.1) is 11.3 Å². The lowest BCUT2D eigenvalue weighted by atomic mass is 10.0. The largest absolute Gasteiger partial charge is 0.462 e. The van der Waals surface area contributed by atoms with E-state index in [1.165, 1.54) is 11.3 Å². The number of fused-ring (bicyclic) bond motifs is 1. The first-order chi connectivity index (χ1) is 16.9. The van der Waals surface area contributed by atoms with Crippen molar-refractivity contribution in [1.29, 1.82) is 0 Å². The maximum absolute atomic E-state index is 12.8. The molecule has 0 radical (unpaired) electrons. The molecule has 0 saturated heterocycles. The summed E-state index contributed by atoms with van der Waals surface area (Å²) < 4.78 is 15.7. The summed E-state index contributed by atoms with van der Waals surface area (Å²) in [5, 5.41) is 3.26. The number of anilines is 1. The highest BCUT2D eigenvalue weighted by atomic mass is 32.1. The van der Waals surface area contributed by atoms with Crippen LogP contribution in [-0.4, -0.2) is 31.1 Å². The van der Waals surface area contributed by atoms with Crippen molar-refractivity contribution in [3.05, 3.63) is 87.1 Å². The fraction of sp³-hybridized carbons (Fsp3) is 0.154. The molecule has 4 aromatic rings. The van der Waals surface area contributed by atoms with Crippen LogP contribution in [0.15, 0.2) is 69.9 Å². The Morgan fingerprint density at radius 3 is 2.43 bits per heavy atom. The summed E-state index contributed by atoms with van der Waals surface area (Å²) in [4.78, 5) is 50.7. The fourth-order valence-corrected chi connectivity index (χ4v) is 4.63. The van der Waals surface area contributed by atoms with Crippen LogP contribution in [0.4, 0.5) is 5.00 Å². The molecule has 35 heavy (non-hydrogen) atoms. The molecule has 0 aliphatic rings. The highest BCUT2D eigenvalue weighted by Crippen LogP contribution is 2.40. The zero-order valence-corrected chi connectivity index (χ0v) is 19.8. The van der Waals surface area contributed by atoms with Gasteiger partial charge in [0.2, 0.25) is 5.76 Å². The van der Waals surface area contributed by atoms with Crippen molar-refractivity contribution >= 4 is 45.2 Å². The zero-order valence-electron chi connectivity index (χ0n) is 19.0. The van der Waals surface area contributed by atoms with Gasteiger partial charge < -0.3 is 19.2 Å². The molecule has 8 nitrogen and oxygen atoms in total. The van der Waals surface area contributed by atoms with Crippen molar-refractivity contribution < 1.29 is 28.3 Å². The maximum Gasteiger partial charge on any atom is 0.374 e. The van der Waals surface area contributed by atoms with E-state index >= 15 is 0 Å². The molecule has 1 N–H and O–H groups in total. The minimum atomic E-state index is -0.957. The molecular weight excluding hydrogens is 470 g/mol. The average Bonchev–Trinajstić information content (AvgIpc) is 3.18. The quantitative estimate of drug-likeness (QED) is 0.370. The van der Waals surface area contributed by atoms with E-state index < -0.39 is 29.9 Å². The van der Waals surface area contributed by atoms with Gasteiger partial charge in [-0.05, 0) is 31.5 Å². The van der Waals surface area contributed by atoms with E-state index in [-0.39, 0.29) is 28.5 Å². The number of carbonyl (C=O) groups is 3. The molecule has 178 valence electrons. The predicted molar refractivity (Wildman–Crippen MR) is 132 cm³/mol. The molecule has 4 rings (SSSR count). The third kappa shape index (κ3) is 5.15. The van der Waals surface area contributed by atoms with Gasteiger partial charge in [0.25, 0.3) is 5.91 Å². The van der Waals surface area contributed by atoms with Gasteiger partial charge in [-0.25, -0.2) is 9.59 Å². The van der Waals surface area contributed by atoms with Crippen molar-refractivity contribution in [2.45, 2.75) is 13.8 Å². The second-order valence-electron chi connectivity index (χ2n) is 7.42. The molecule has 0 unspecified atom stereocenters. The first-order valence-corrected chi connectivity index (χ1v) is 11.6. The molecule has 0 bridgehead atoms. The van der Waals surface area contributed by atoms with E-state index in [0.29, 0.717) is 10.9 Å². The van der Waals surface area contributed by atoms with Gasteiger partial charge in [0.1, 0.15) is 16.1 Å². The Balaban J connectivity index is 1.52. The van der Waals surface area contributed by atoms with E-state index in [1.54, 1.807) is 31.2 Å². The van der Waals surface area contributed by atoms with Crippen LogP contribution in [0, 0.1) is 6.92 Å². The number of para-hydroxylation sites is 1. The number of benzene rings is 2. The molecule has 0 atom stereocenters. The number of carbonyl (C=O) groups excluding carboxylic acids is 3. The SMILES string of the molecule is CCOC(=O)c1c(NC(=O)COC(=O)c2cc(=O)c3ccccc3o2)sc(C)c1-c1ccccc1. The van der Waals surface area contributed by atoms with Crippen LogP contribution in [0.25, 0.3) is 22.1 Å². The molecule has 2 aromatic heterocycles. The third-order valence-electron chi connectivity index (χ3n) is 5.05. The molecule has 0 aliphatic heterocycles. The number of esters is 2. The van der Waals surface area contributed by atoms with Crippen LogP contribution in [-0.2, 0) is 14.3 Å². The van der Waals surface area contributed by atoms with Crippen LogP contribution in [0.5, 0.6) is 0 Å². The number of amides is 1. The lowest BCUT2D eigenvalue weighted by Crippen LogP contribution is -2.22. The Hall–Kier alpha value is -4.24. The van der Waals surface area contributed by atoms with Crippen LogP contribution in [0.1, 0.15) is 32.7 Å². The van der Waals surface area contributed by atoms with Gasteiger partial charge in [0.15, 0.2) is 12.0 Å². The Labute approximate surface area is 204 Å². The summed E-state index contributed by atoms with van der Waals surface area (Å²) in [6.07, 6.45) is 0. The number of thiophene rings is 1. The molecule has 0 saturated carbocycles. The molecule has 9 heteroatoms. The number of hydrogen-bond acceptors (Lipinski definition) is 8. The Kier molecular flexibility index (Phi) is 7.07. The molecule has 0 fully saturated rings. The number of nitrogens with one attached hydrogen (secondary N) is 1. The van der Waals surface area contributed by atoms with E-state index in [1.807, 2.05) is 37.3 Å². The molecular formula is C26H21NO7S. The topological polar surface area (TPSA) is 112 Å². The Morgan fingerprint density at radius 2 is 1.69 bits per heavy atom. The fourth-order valence-electron chi connectivity index (χ4n) is 3.55. The monoisotopic (exact) mass is 491 g/mol. The van der Waals surface area contributed by atoms with Crippen molar-refractivity contribution in [2.75, 3.05) is 18.5 Å². The summed E-state index contributed by atoms with van der Waals surface area (Å²) in [5.74, 6) is -2.50. The van der Waals surface area contributed by atoms with Crippen molar-refractivity contribution in [2.24, 2.45) is 0 Å². The molecule has 0 aliphatic carbocycles. The minimum Gasteiger partial charge on any atom is -0.462 e. The van der Waals surface area contributed by atoms with Gasteiger partial charge in [-0.1, -0.05) is 42.5 Å². The third-order valence-corrected chi connectivity index (χ3v) is 6.07. The molecule has 2 heterocycles. The van der Waals surface area contributed by atoms with Crippen molar-refractivity contribution in [3.8, 4) is 11.1 Å². The Bertz CT molecular complexity index is 1470. The Morgan fingerprint density at radius 1 is 0.971 bits per heavy atom. The minimum absolute atomic E-state index is 0.171. The summed E-state index contributed by atoms with van der Waals surface area (Å²) in [6, 6.07) is 16.8. The standard InChI is InChI=1S/C26H21NO7S/c1-3-32-26(31)23-22(16-9-5-4-6-10-16)15(2)35-24(23)27-21(29)14-33-25(30)20-13-18(28)17-11-7-8-12-19(17)34-20/h4-13H,3,14H2,1-2H3,(H,27,29). The van der Waals surface area contributed by atoms with E-state index in [0.717, 1.165) is 16.5 Å². The first-order valence-electron chi connectivity index (χ1n) is 10.7. The number of ether oxygens (including phenoxy) is 2. The lowest BCUT2D eigenvalue weighted by Gasteiger charge is -2.09. The molecule has 2 aromatic carbocycles. The predicted octanol–water partition coefficient (Wildman–Crippen LogP) is 4.80. The van der Waals surface area contributed by atoms with Gasteiger partial charge in [-0.3, -0.25) is 9.59 Å². The van der Waals surface area contributed by atoms with Crippen LogP contribution in [0.3, 0.4) is 0 Å². The first kappa shape index (κ1) is 23.9. The van der Waals surface area contributed by atoms with Crippen LogP contribution in [0.2, 0.25) is 0 Å². The van der Waals surface area contributed by atoms with Gasteiger partial charge >= 0.3 is 11.9 Å². The summed E-state index contributed by atoms with van der Waals surface area (Å²) in [6.45, 7) is 3.06. The van der Waals surface area contributed by atoms with Gasteiger partial charge in [-0.2, -0.15) is 0 Å². The van der Waals surface area contributed by atoms with Crippen molar-refractivity contribution in [1.82, 2.24) is 0 Å². The zero-order chi connectivity index (χ0) is 24.9. The summed E-state index contributed by atoms with van der Waals surface area (Å²) in [5.41, 5.74) is 1.55. The number of hydrogen-bond donors (Lipinski definition) is 1. The maximum atomic E-state index is 12.8. The van der Waals surface area contributed by atoms with E-state index in [4.69, 9.17) is 13.9 Å². The summed E-state index contributed by atoms with van der Waals surface area (Å²) in [7, 11) is 0. The second-order valence-corrected chi connectivity index (χ2v) is 8.64. The lowest BCUT2D eigenvalue weighted by molar-refractivity contribution is -0.119. The van der Waals surface area contributed by atoms with Gasteiger partial charge in [0, 0.05) is 16.5 Å². The molecule has 0 spiro atoms. The highest BCUT2D eigenvalue weighted by Gasteiger charge is 2.26.